The Bertz CT molecular complexity index is 640. The number of aliphatic carboxylic acids is 1. The average Bonchev–Trinajstić information content (AvgIpc) is 2.95. The maximum Gasteiger partial charge on any atom is 0.327 e. The first-order valence-corrected chi connectivity index (χ1v) is 8.51. The molecule has 108 valence electrons. The lowest BCUT2D eigenvalue weighted by molar-refractivity contribution is -0.138. The smallest absolute Gasteiger partial charge is 0.327 e. The summed E-state index contributed by atoms with van der Waals surface area (Å²) in [5.74, 6) is -0.936. The van der Waals surface area contributed by atoms with Gasteiger partial charge in [-0.05, 0) is 30.9 Å². The fraction of sp³-hybridized carbons (Fsp3) is 0.500. The Balaban J connectivity index is 1.99. The Morgan fingerprint density at radius 2 is 2.10 bits per heavy atom. The van der Waals surface area contributed by atoms with E-state index in [0.29, 0.717) is 19.4 Å². The zero-order valence-electron chi connectivity index (χ0n) is 11.0. The van der Waals surface area contributed by atoms with Crippen molar-refractivity contribution in [3.05, 3.63) is 29.8 Å². The number of carboxylic acid groups (broad SMARTS) is 1. The molecule has 0 aliphatic carbocycles. The Morgan fingerprint density at radius 3 is 2.75 bits per heavy atom. The van der Waals surface area contributed by atoms with Crippen LogP contribution in [0.3, 0.4) is 0 Å². The normalized spacial score (nSPS) is 25.4. The molecule has 0 radical (unpaired) electrons. The number of para-hydroxylation sites is 1. The zero-order chi connectivity index (χ0) is 14.3. The van der Waals surface area contributed by atoms with Gasteiger partial charge in [0, 0.05) is 12.2 Å². The van der Waals surface area contributed by atoms with Gasteiger partial charge in [-0.15, -0.1) is 0 Å². The lowest BCUT2D eigenvalue weighted by atomic mass is 10.1. The molecule has 1 aromatic carbocycles. The second kappa shape index (κ2) is 4.77. The highest BCUT2D eigenvalue weighted by atomic mass is 32.2. The van der Waals surface area contributed by atoms with Crippen molar-refractivity contribution < 1.29 is 18.3 Å². The molecule has 6 heteroatoms. The predicted octanol–water partition coefficient (Wildman–Crippen LogP) is 1.08. The molecule has 1 fully saturated rings. The van der Waals surface area contributed by atoms with Gasteiger partial charge in [-0.1, -0.05) is 18.2 Å². The highest BCUT2D eigenvalue weighted by Crippen LogP contribution is 2.34. The van der Waals surface area contributed by atoms with Gasteiger partial charge < -0.3 is 10.0 Å². The number of rotatable bonds is 3. The van der Waals surface area contributed by atoms with Crippen LogP contribution in [0.1, 0.15) is 18.4 Å². The van der Waals surface area contributed by atoms with Gasteiger partial charge in [0.15, 0.2) is 9.84 Å². The quantitative estimate of drug-likeness (QED) is 0.903. The van der Waals surface area contributed by atoms with E-state index in [-0.39, 0.29) is 5.75 Å². The summed E-state index contributed by atoms with van der Waals surface area (Å²) < 4.78 is 24.2. The number of carboxylic acids is 1. The molecule has 1 N–H and O–H groups in total. The Kier molecular flexibility index (Phi) is 3.20. The maximum absolute atomic E-state index is 12.1. The molecule has 1 aromatic rings. The zero-order valence-corrected chi connectivity index (χ0v) is 11.8. The van der Waals surface area contributed by atoms with Crippen molar-refractivity contribution in [3.8, 4) is 0 Å². The second-order valence-corrected chi connectivity index (χ2v) is 7.74. The first-order chi connectivity index (χ1) is 9.50. The second-order valence-electron chi connectivity index (χ2n) is 5.40. The van der Waals surface area contributed by atoms with Gasteiger partial charge in [0.1, 0.15) is 6.04 Å². The molecular formula is C14H17NO4S. The number of hydrogen-bond donors (Lipinski definition) is 1. The minimum absolute atomic E-state index is 0.108. The maximum atomic E-state index is 12.1. The molecule has 3 rings (SSSR count). The molecule has 20 heavy (non-hydrogen) atoms. The average molecular weight is 295 g/mol. The number of benzene rings is 1. The Labute approximate surface area is 118 Å². The summed E-state index contributed by atoms with van der Waals surface area (Å²) in [6, 6.07) is 6.66. The summed E-state index contributed by atoms with van der Waals surface area (Å²) >= 11 is 0. The van der Waals surface area contributed by atoms with E-state index in [0.717, 1.165) is 17.7 Å². The van der Waals surface area contributed by atoms with Gasteiger partial charge >= 0.3 is 5.97 Å². The van der Waals surface area contributed by atoms with E-state index in [2.05, 4.69) is 0 Å². The van der Waals surface area contributed by atoms with Gasteiger partial charge in [0.2, 0.25) is 0 Å². The lowest BCUT2D eigenvalue weighted by Gasteiger charge is -2.30. The third-order valence-corrected chi connectivity index (χ3v) is 6.52. The third kappa shape index (κ3) is 2.08. The van der Waals surface area contributed by atoms with Gasteiger partial charge in [0.25, 0.3) is 0 Å². The van der Waals surface area contributed by atoms with Crippen molar-refractivity contribution in [1.29, 1.82) is 0 Å². The summed E-state index contributed by atoms with van der Waals surface area (Å²) in [5, 5.41) is 8.76. The fourth-order valence-electron chi connectivity index (χ4n) is 3.32. The summed E-state index contributed by atoms with van der Waals surface area (Å²) in [5.41, 5.74) is 1.95. The number of hydrogen-bond acceptors (Lipinski definition) is 4. The third-order valence-electron chi connectivity index (χ3n) is 4.24. The highest BCUT2D eigenvalue weighted by Gasteiger charge is 2.45. The van der Waals surface area contributed by atoms with Crippen molar-refractivity contribution in [2.24, 2.45) is 0 Å². The van der Waals surface area contributed by atoms with Crippen LogP contribution in [0.4, 0.5) is 5.69 Å². The minimum atomic E-state index is -3.29. The monoisotopic (exact) mass is 295 g/mol. The van der Waals surface area contributed by atoms with E-state index in [9.17, 15) is 18.3 Å². The first-order valence-electron chi connectivity index (χ1n) is 6.79. The van der Waals surface area contributed by atoms with Crippen LogP contribution < -0.4 is 4.90 Å². The first kappa shape index (κ1) is 13.4. The van der Waals surface area contributed by atoms with E-state index >= 15 is 0 Å². The van der Waals surface area contributed by atoms with Crippen LogP contribution in [-0.4, -0.2) is 43.1 Å². The summed E-state index contributed by atoms with van der Waals surface area (Å²) in [6.07, 6.45) is 1.77. The van der Waals surface area contributed by atoms with E-state index in [1.54, 1.807) is 4.90 Å². The summed E-state index contributed by atoms with van der Waals surface area (Å²) in [4.78, 5) is 13.4. The molecule has 2 heterocycles. The Morgan fingerprint density at radius 1 is 1.35 bits per heavy atom. The number of carbonyl (C=O) groups is 1. The molecule has 5 nitrogen and oxygen atoms in total. The number of fused-ring (bicyclic) bond motifs is 1. The molecular weight excluding hydrogens is 278 g/mol. The predicted molar refractivity (Wildman–Crippen MR) is 75.7 cm³/mol. The van der Waals surface area contributed by atoms with Crippen molar-refractivity contribution in [1.82, 2.24) is 0 Å². The number of sulfone groups is 1. The standard InChI is InChI=1S/C14H17NO4S/c16-14(17)13(12-6-3-9-20(12,18)19)15-8-7-10-4-1-2-5-11(10)15/h1-2,4-5,12-13H,3,6-9H2,(H,16,17). The fourth-order valence-corrected chi connectivity index (χ4v) is 5.37. The van der Waals surface area contributed by atoms with Crippen molar-refractivity contribution in [3.63, 3.8) is 0 Å². The molecule has 0 aromatic heterocycles. The summed E-state index contributed by atoms with van der Waals surface area (Å²) in [7, 11) is -3.29. The lowest BCUT2D eigenvalue weighted by Crippen LogP contribution is -2.50. The molecule has 0 spiro atoms. The van der Waals surface area contributed by atoms with E-state index in [4.69, 9.17) is 0 Å². The minimum Gasteiger partial charge on any atom is -0.480 e. The molecule has 0 amide bonds. The van der Waals surface area contributed by atoms with Crippen LogP contribution >= 0.6 is 0 Å². The summed E-state index contributed by atoms with van der Waals surface area (Å²) in [6.45, 7) is 0.572. The van der Waals surface area contributed by atoms with Crippen LogP contribution in [0, 0.1) is 0 Å². The van der Waals surface area contributed by atoms with Gasteiger partial charge in [0.05, 0.1) is 11.0 Å². The van der Waals surface area contributed by atoms with Crippen molar-refractivity contribution in [2.75, 3.05) is 17.2 Å². The molecule has 2 aliphatic rings. The molecule has 2 atom stereocenters. The van der Waals surface area contributed by atoms with E-state index in [1.807, 2.05) is 24.3 Å². The molecule has 1 saturated heterocycles. The molecule has 0 saturated carbocycles. The van der Waals surface area contributed by atoms with E-state index < -0.39 is 27.1 Å². The molecule has 0 bridgehead atoms. The van der Waals surface area contributed by atoms with Gasteiger partial charge in [-0.3, -0.25) is 0 Å². The van der Waals surface area contributed by atoms with E-state index in [1.165, 1.54) is 0 Å². The van der Waals surface area contributed by atoms with Crippen LogP contribution in [0.2, 0.25) is 0 Å². The van der Waals surface area contributed by atoms with Gasteiger partial charge in [-0.2, -0.15) is 0 Å². The van der Waals surface area contributed by atoms with Crippen LogP contribution in [0.25, 0.3) is 0 Å². The number of anilines is 1. The van der Waals surface area contributed by atoms with Crippen LogP contribution in [0.5, 0.6) is 0 Å². The molecule has 2 unspecified atom stereocenters. The molecule has 2 aliphatic heterocycles. The van der Waals surface area contributed by atoms with Crippen molar-refractivity contribution >= 4 is 21.5 Å². The van der Waals surface area contributed by atoms with Gasteiger partial charge in [-0.25, -0.2) is 13.2 Å². The highest BCUT2D eigenvalue weighted by molar-refractivity contribution is 7.92. The van der Waals surface area contributed by atoms with Crippen LogP contribution in [-0.2, 0) is 21.1 Å². The van der Waals surface area contributed by atoms with Crippen molar-refractivity contribution in [2.45, 2.75) is 30.6 Å². The SMILES string of the molecule is O=C(O)C(C1CCCS1(=O)=O)N1CCc2ccccc21. The topological polar surface area (TPSA) is 74.7 Å². The van der Waals surface area contributed by atoms with Crippen LogP contribution in [0.15, 0.2) is 24.3 Å². The Hall–Kier alpha value is -1.56. The largest absolute Gasteiger partial charge is 0.480 e. The number of nitrogens with zero attached hydrogens (tertiary/aromatic N) is 1.